The summed E-state index contributed by atoms with van der Waals surface area (Å²) in [5.74, 6) is -1.41. The van der Waals surface area contributed by atoms with Crippen LogP contribution in [0.25, 0.3) is 10.8 Å². The Balaban J connectivity index is 1.84. The minimum atomic E-state index is -1.12. The van der Waals surface area contributed by atoms with Gasteiger partial charge in [0, 0.05) is 16.1 Å². The molecule has 9 heteroatoms. The number of hydrogen-bond donors (Lipinski definition) is 2. The van der Waals surface area contributed by atoms with Gasteiger partial charge in [-0.1, -0.05) is 35.9 Å². The van der Waals surface area contributed by atoms with Crippen LogP contribution in [0.3, 0.4) is 0 Å². The van der Waals surface area contributed by atoms with Gasteiger partial charge in [-0.2, -0.15) is 5.10 Å². The van der Waals surface area contributed by atoms with Gasteiger partial charge in [0.05, 0.1) is 18.5 Å². The quantitative estimate of drug-likeness (QED) is 0.597. The summed E-state index contributed by atoms with van der Waals surface area (Å²) in [6.07, 6.45) is -1.12. The molecule has 0 fully saturated rings. The lowest BCUT2D eigenvalue weighted by Crippen LogP contribution is -2.32. The highest BCUT2D eigenvalue weighted by Crippen LogP contribution is 2.17. The second-order valence-corrected chi connectivity index (χ2v) is 6.63. The number of nitrogens with zero attached hydrogens (tertiary/aromatic N) is 2. The van der Waals surface area contributed by atoms with Crippen LogP contribution in [0.4, 0.5) is 5.69 Å². The highest BCUT2D eigenvalue weighted by atomic mass is 35.5. The Morgan fingerprint density at radius 2 is 1.93 bits per heavy atom. The number of nitrogens with one attached hydrogen (secondary N) is 1. The molecule has 1 atom stereocenters. The Labute approximate surface area is 170 Å². The zero-order valence-electron chi connectivity index (χ0n) is 15.5. The molecule has 1 aromatic heterocycles. The first-order valence-corrected chi connectivity index (χ1v) is 9.16. The number of aliphatic hydroxyl groups excluding tert-OH is 1. The first-order chi connectivity index (χ1) is 13.9. The molecule has 0 saturated heterocycles. The van der Waals surface area contributed by atoms with Crippen molar-refractivity contribution in [3.05, 3.63) is 69.6 Å². The molecule has 2 N–H and O–H groups in total. The Kier molecular flexibility index (Phi) is 6.26. The van der Waals surface area contributed by atoms with E-state index in [4.69, 9.17) is 21.4 Å². The Morgan fingerprint density at radius 1 is 1.21 bits per heavy atom. The highest BCUT2D eigenvalue weighted by molar-refractivity contribution is 6.30. The van der Waals surface area contributed by atoms with E-state index in [2.05, 4.69) is 10.4 Å². The highest BCUT2D eigenvalue weighted by Gasteiger charge is 2.23. The number of fused-ring (bicyclic) bond motifs is 1. The maximum atomic E-state index is 12.7. The molecule has 0 radical (unpaired) electrons. The van der Waals surface area contributed by atoms with Crippen molar-refractivity contribution < 1.29 is 19.4 Å². The van der Waals surface area contributed by atoms with Gasteiger partial charge in [0.25, 0.3) is 11.5 Å². The van der Waals surface area contributed by atoms with E-state index < -0.39 is 23.5 Å². The van der Waals surface area contributed by atoms with Crippen LogP contribution in [0.2, 0.25) is 5.02 Å². The van der Waals surface area contributed by atoms with Crippen LogP contribution in [-0.2, 0) is 16.1 Å². The van der Waals surface area contributed by atoms with Crippen molar-refractivity contribution in [3.8, 4) is 0 Å². The van der Waals surface area contributed by atoms with Crippen molar-refractivity contribution in [2.45, 2.75) is 19.6 Å². The average Bonchev–Trinajstić information content (AvgIpc) is 2.70. The van der Waals surface area contributed by atoms with Gasteiger partial charge in [-0.15, -0.1) is 0 Å². The lowest BCUT2D eigenvalue weighted by atomic mass is 10.1. The fourth-order valence-corrected chi connectivity index (χ4v) is 2.90. The molecule has 0 aliphatic rings. The summed E-state index contributed by atoms with van der Waals surface area (Å²) in [5, 5.41) is 16.8. The van der Waals surface area contributed by atoms with Gasteiger partial charge in [0.15, 0.2) is 11.8 Å². The molecule has 1 amide bonds. The second-order valence-electron chi connectivity index (χ2n) is 6.19. The topological polar surface area (TPSA) is 111 Å². The van der Waals surface area contributed by atoms with Crippen molar-refractivity contribution in [2.24, 2.45) is 0 Å². The molecule has 29 heavy (non-hydrogen) atoms. The first kappa shape index (κ1) is 20.5. The van der Waals surface area contributed by atoms with Crippen LogP contribution in [0.1, 0.15) is 17.4 Å². The molecule has 3 aromatic rings. The van der Waals surface area contributed by atoms with E-state index >= 15 is 0 Å². The SMILES string of the molecule is C[C@H](OC(=O)c1nn(CCO)c(=O)c2ccccc12)C(=O)Nc1cccc(Cl)c1. The molecule has 3 rings (SSSR count). The van der Waals surface area contributed by atoms with Crippen molar-refractivity contribution in [3.63, 3.8) is 0 Å². The summed E-state index contributed by atoms with van der Waals surface area (Å²) in [4.78, 5) is 37.4. The molecule has 0 unspecified atom stereocenters. The summed E-state index contributed by atoms with van der Waals surface area (Å²) in [5.41, 5.74) is -0.0838. The third kappa shape index (κ3) is 4.61. The number of anilines is 1. The number of carbonyl (C=O) groups is 2. The van der Waals surface area contributed by atoms with Crippen molar-refractivity contribution in [2.75, 3.05) is 11.9 Å². The van der Waals surface area contributed by atoms with Crippen LogP contribution < -0.4 is 10.9 Å². The van der Waals surface area contributed by atoms with Crippen LogP contribution >= 0.6 is 11.6 Å². The molecule has 0 aliphatic carbocycles. The van der Waals surface area contributed by atoms with Crippen molar-refractivity contribution >= 4 is 39.9 Å². The van der Waals surface area contributed by atoms with E-state index in [0.29, 0.717) is 16.1 Å². The van der Waals surface area contributed by atoms with Gasteiger partial charge in [0.2, 0.25) is 0 Å². The number of ether oxygens (including phenoxy) is 1. The molecular weight excluding hydrogens is 398 g/mol. The molecular formula is C20H18ClN3O5. The normalized spacial score (nSPS) is 11.8. The number of benzene rings is 2. The van der Waals surface area contributed by atoms with Gasteiger partial charge in [-0.25, -0.2) is 9.48 Å². The third-order valence-electron chi connectivity index (χ3n) is 4.12. The lowest BCUT2D eigenvalue weighted by molar-refractivity contribution is -0.123. The fraction of sp³-hybridized carbons (Fsp3) is 0.200. The molecule has 8 nitrogen and oxygen atoms in total. The summed E-state index contributed by atoms with van der Waals surface area (Å²) >= 11 is 5.89. The maximum Gasteiger partial charge on any atom is 0.360 e. The van der Waals surface area contributed by atoms with Gasteiger partial charge in [-0.3, -0.25) is 9.59 Å². The van der Waals surface area contributed by atoms with Crippen LogP contribution in [0, 0.1) is 0 Å². The second kappa shape index (κ2) is 8.85. The third-order valence-corrected chi connectivity index (χ3v) is 4.35. The van der Waals surface area contributed by atoms with E-state index in [1.807, 2.05) is 0 Å². The van der Waals surface area contributed by atoms with E-state index in [1.54, 1.807) is 48.5 Å². The smallest absolute Gasteiger partial charge is 0.360 e. The molecule has 0 spiro atoms. The average molecular weight is 416 g/mol. The van der Waals surface area contributed by atoms with E-state index in [0.717, 1.165) is 4.68 Å². The molecule has 150 valence electrons. The standard InChI is InChI=1S/C20H18ClN3O5/c1-12(18(26)22-14-6-4-5-13(21)11-14)29-20(28)17-15-7-2-3-8-16(15)19(27)24(23-17)9-10-25/h2-8,11-12,25H,9-10H2,1H3,(H,22,26)/t12-/m0/s1. The fourth-order valence-electron chi connectivity index (χ4n) is 2.71. The van der Waals surface area contributed by atoms with Crippen LogP contribution in [-0.4, -0.2) is 39.5 Å². The first-order valence-electron chi connectivity index (χ1n) is 8.79. The zero-order valence-corrected chi connectivity index (χ0v) is 16.2. The Hall–Kier alpha value is -3.23. The van der Waals surface area contributed by atoms with Crippen molar-refractivity contribution in [1.82, 2.24) is 9.78 Å². The van der Waals surface area contributed by atoms with Gasteiger partial charge < -0.3 is 15.2 Å². The number of amides is 1. The minimum Gasteiger partial charge on any atom is -0.448 e. The van der Waals surface area contributed by atoms with E-state index in [9.17, 15) is 14.4 Å². The summed E-state index contributed by atoms with van der Waals surface area (Å²) in [6, 6.07) is 13.0. The van der Waals surface area contributed by atoms with Crippen LogP contribution in [0.15, 0.2) is 53.3 Å². The number of hydrogen-bond acceptors (Lipinski definition) is 6. The van der Waals surface area contributed by atoms with Gasteiger partial charge in [0.1, 0.15) is 0 Å². The van der Waals surface area contributed by atoms with Crippen molar-refractivity contribution in [1.29, 1.82) is 0 Å². The summed E-state index contributed by atoms with van der Waals surface area (Å²) in [7, 11) is 0. The van der Waals surface area contributed by atoms with E-state index in [-0.39, 0.29) is 24.2 Å². The zero-order chi connectivity index (χ0) is 21.0. The number of rotatable bonds is 6. The summed E-state index contributed by atoms with van der Waals surface area (Å²) in [6.45, 7) is 1.02. The number of halogens is 1. The monoisotopic (exact) mass is 415 g/mol. The Bertz CT molecular complexity index is 1130. The van der Waals surface area contributed by atoms with Crippen LogP contribution in [0.5, 0.6) is 0 Å². The van der Waals surface area contributed by atoms with Gasteiger partial charge >= 0.3 is 5.97 Å². The predicted octanol–water partition coefficient (Wildman–Crippen LogP) is 2.23. The number of esters is 1. The molecule has 0 saturated carbocycles. The molecule has 0 aliphatic heterocycles. The number of aromatic nitrogens is 2. The summed E-state index contributed by atoms with van der Waals surface area (Å²) < 4.78 is 6.25. The minimum absolute atomic E-state index is 0.0746. The Morgan fingerprint density at radius 3 is 2.62 bits per heavy atom. The molecule has 0 bridgehead atoms. The molecule has 2 aromatic carbocycles. The predicted molar refractivity (Wildman–Crippen MR) is 108 cm³/mol. The number of aliphatic hydroxyl groups is 1. The maximum absolute atomic E-state index is 12.7. The largest absolute Gasteiger partial charge is 0.448 e. The van der Waals surface area contributed by atoms with E-state index in [1.165, 1.54) is 6.92 Å². The lowest BCUT2D eigenvalue weighted by Gasteiger charge is -2.15. The van der Waals surface area contributed by atoms with Gasteiger partial charge in [-0.05, 0) is 31.2 Å². The number of carbonyl (C=O) groups excluding carboxylic acids is 2. The molecule has 1 heterocycles.